The maximum atomic E-state index is 14.3. The topological polar surface area (TPSA) is 137 Å². The Morgan fingerprint density at radius 3 is 2.14 bits per heavy atom. The largest absolute Gasteiger partial charge is 0.457 e. The molecule has 1 N–H and O–H groups in total. The number of fused-ring (bicyclic) bond motifs is 3. The van der Waals surface area contributed by atoms with Crippen LogP contribution in [0.4, 0.5) is 0 Å². The molecule has 3 heterocycles. The fourth-order valence-electron chi connectivity index (χ4n) is 10.1. The molecule has 0 spiro atoms. The predicted molar refractivity (Wildman–Crippen MR) is 175 cm³/mol. The van der Waals surface area contributed by atoms with Crippen LogP contribution in [0.15, 0.2) is 65.6 Å². The zero-order valence-electron chi connectivity index (χ0n) is 27.2. The molecule has 3 aromatic rings. The maximum Gasteiger partial charge on any atom is 0.318 e. The molecule has 1 amide bonds. The zero-order chi connectivity index (χ0) is 33.9. The highest BCUT2D eigenvalue weighted by Gasteiger charge is 2.73. The lowest BCUT2D eigenvalue weighted by Crippen LogP contribution is -2.52. The van der Waals surface area contributed by atoms with Crippen LogP contribution in [0.1, 0.15) is 78.3 Å². The first-order valence-electron chi connectivity index (χ1n) is 17.2. The number of carbonyl (C=O) groups is 3. The van der Waals surface area contributed by atoms with Gasteiger partial charge in [-0.3, -0.25) is 18.9 Å². The van der Waals surface area contributed by atoms with Gasteiger partial charge in [0.05, 0.1) is 28.9 Å². The number of nitrogens with zero attached hydrogens (tertiary/aromatic N) is 1. The molecule has 4 aliphatic carbocycles. The van der Waals surface area contributed by atoms with E-state index in [4.69, 9.17) is 14.2 Å². The van der Waals surface area contributed by atoms with Crippen LogP contribution in [-0.4, -0.2) is 66.1 Å². The molecular weight excluding hydrogens is 646 g/mol. The molecule has 49 heavy (non-hydrogen) atoms. The Labute approximate surface area is 284 Å². The van der Waals surface area contributed by atoms with E-state index in [1.807, 2.05) is 38.1 Å². The van der Waals surface area contributed by atoms with E-state index >= 15 is 0 Å². The second-order valence-electron chi connectivity index (χ2n) is 14.6. The third-order valence-electron chi connectivity index (χ3n) is 11.9. The van der Waals surface area contributed by atoms with Crippen molar-refractivity contribution in [1.82, 2.24) is 4.90 Å². The summed E-state index contributed by atoms with van der Waals surface area (Å²) in [7, 11) is -4.46. The Morgan fingerprint density at radius 2 is 1.51 bits per heavy atom. The van der Waals surface area contributed by atoms with Crippen molar-refractivity contribution < 1.29 is 41.6 Å². The molecule has 3 fully saturated rings. The van der Waals surface area contributed by atoms with Crippen molar-refractivity contribution in [2.24, 2.45) is 17.8 Å². The van der Waals surface area contributed by atoms with Gasteiger partial charge in [0.25, 0.3) is 10.1 Å². The lowest BCUT2D eigenvalue weighted by atomic mass is 9.59. The number of likely N-dealkylation sites (tertiary alicyclic amines) is 1. The van der Waals surface area contributed by atoms with Gasteiger partial charge in [-0.15, -0.1) is 0 Å². The van der Waals surface area contributed by atoms with Gasteiger partial charge in [-0.1, -0.05) is 48.5 Å². The Bertz CT molecular complexity index is 1990. The standard InChI is InChI=1S/C38H37NO9S/c1-18(2)39-32-33-30(36(39)40)31(38(42)46-27-15-16-28(49(43,44)45)22-12-6-5-11-21(22)27)34(47-33)35(32)48-37(41)26-17-25-19-9-3-7-13-23(19)29(26)24-14-8-4-10-20(24)25/h3-4,7-10,13-16,18,25-26,29-35H,5-6,11-12,17H2,1-2H3,(H,43,44,45). The molecule has 3 aromatic carbocycles. The first-order valence-corrected chi connectivity index (χ1v) is 18.7. The molecule has 4 bridgehead atoms. The minimum absolute atomic E-state index is 0.0664. The third-order valence-corrected chi connectivity index (χ3v) is 12.8. The van der Waals surface area contributed by atoms with E-state index in [2.05, 4.69) is 24.3 Å². The molecule has 0 saturated carbocycles. The molecule has 7 aliphatic rings. The number of amides is 1. The molecule has 0 aromatic heterocycles. The highest BCUT2D eigenvalue weighted by molar-refractivity contribution is 7.85. The van der Waals surface area contributed by atoms with Crippen LogP contribution >= 0.6 is 0 Å². The number of benzene rings is 3. The van der Waals surface area contributed by atoms with Gasteiger partial charge >= 0.3 is 11.9 Å². The summed E-state index contributed by atoms with van der Waals surface area (Å²) in [4.78, 5) is 43.9. The number of ether oxygens (including phenoxy) is 3. The van der Waals surface area contributed by atoms with E-state index in [1.165, 1.54) is 23.3 Å². The SMILES string of the molecule is CC(C)N1C(=O)C2C3OC(C(OC(=O)C4CC5c6ccccc6C4c4ccccc45)C31)C2C(=O)Oc1ccc(S(=O)(=O)O)c2c1CCCC2. The smallest absolute Gasteiger partial charge is 0.318 e. The van der Waals surface area contributed by atoms with Crippen LogP contribution in [0.3, 0.4) is 0 Å². The summed E-state index contributed by atoms with van der Waals surface area (Å²) in [6.07, 6.45) is 0.657. The van der Waals surface area contributed by atoms with Crippen LogP contribution in [-0.2, 0) is 46.8 Å². The summed E-state index contributed by atoms with van der Waals surface area (Å²) in [6.45, 7) is 3.80. The summed E-state index contributed by atoms with van der Waals surface area (Å²) in [6, 6.07) is 18.5. The number of carbonyl (C=O) groups excluding carboxylic acids is 3. The summed E-state index contributed by atoms with van der Waals surface area (Å²) in [5.74, 6) is -3.38. The van der Waals surface area contributed by atoms with Crippen LogP contribution in [0.5, 0.6) is 5.75 Å². The molecule has 10 rings (SSSR count). The predicted octanol–water partition coefficient (Wildman–Crippen LogP) is 4.56. The molecule has 7 unspecified atom stereocenters. The van der Waals surface area contributed by atoms with Crippen LogP contribution in [0, 0.1) is 17.8 Å². The van der Waals surface area contributed by atoms with Crippen molar-refractivity contribution in [2.45, 2.75) is 93.1 Å². The van der Waals surface area contributed by atoms with E-state index in [-0.39, 0.29) is 40.4 Å². The number of hydrogen-bond donors (Lipinski definition) is 1. The fraction of sp³-hybridized carbons (Fsp3) is 0.447. The number of rotatable bonds is 6. The van der Waals surface area contributed by atoms with Gasteiger partial charge in [-0.25, -0.2) is 0 Å². The van der Waals surface area contributed by atoms with E-state index in [0.29, 0.717) is 30.4 Å². The quantitative estimate of drug-likeness (QED) is 0.225. The lowest BCUT2D eigenvalue weighted by Gasteiger charge is -2.45. The summed E-state index contributed by atoms with van der Waals surface area (Å²) in [5, 5.41) is 0. The van der Waals surface area contributed by atoms with Crippen molar-refractivity contribution in [1.29, 1.82) is 0 Å². The van der Waals surface area contributed by atoms with Crippen molar-refractivity contribution in [2.75, 3.05) is 0 Å². The highest BCUT2D eigenvalue weighted by Crippen LogP contribution is 2.57. The minimum atomic E-state index is -4.46. The summed E-state index contributed by atoms with van der Waals surface area (Å²) < 4.78 is 52.8. The van der Waals surface area contributed by atoms with Crippen molar-refractivity contribution in [3.05, 3.63) is 94.0 Å². The molecule has 11 heteroatoms. The van der Waals surface area contributed by atoms with E-state index in [0.717, 1.165) is 24.0 Å². The first kappa shape index (κ1) is 31.0. The molecular formula is C38H37NO9S. The normalized spacial score (nSPS) is 31.8. The van der Waals surface area contributed by atoms with Gasteiger partial charge in [0, 0.05) is 17.9 Å². The Morgan fingerprint density at radius 1 is 0.878 bits per heavy atom. The van der Waals surface area contributed by atoms with Gasteiger partial charge < -0.3 is 19.1 Å². The fourth-order valence-corrected chi connectivity index (χ4v) is 10.8. The second kappa shape index (κ2) is 11.0. The molecule has 10 nitrogen and oxygen atoms in total. The highest BCUT2D eigenvalue weighted by atomic mass is 32.2. The first-order chi connectivity index (χ1) is 23.5. The van der Waals surface area contributed by atoms with Gasteiger partial charge in [0.2, 0.25) is 5.91 Å². The number of esters is 2. The van der Waals surface area contributed by atoms with Gasteiger partial charge in [0.15, 0.2) is 6.10 Å². The lowest BCUT2D eigenvalue weighted by molar-refractivity contribution is -0.164. The third kappa shape index (κ3) is 4.44. The van der Waals surface area contributed by atoms with Crippen LogP contribution in [0.2, 0.25) is 0 Å². The van der Waals surface area contributed by atoms with E-state index in [9.17, 15) is 27.4 Å². The van der Waals surface area contributed by atoms with E-state index in [1.54, 1.807) is 4.90 Å². The van der Waals surface area contributed by atoms with Gasteiger partial charge in [-0.2, -0.15) is 8.42 Å². The van der Waals surface area contributed by atoms with Crippen LogP contribution < -0.4 is 4.74 Å². The maximum absolute atomic E-state index is 14.3. The molecule has 0 radical (unpaired) electrons. The zero-order valence-corrected chi connectivity index (χ0v) is 28.0. The minimum Gasteiger partial charge on any atom is -0.457 e. The monoisotopic (exact) mass is 683 g/mol. The second-order valence-corrected chi connectivity index (χ2v) is 16.0. The Kier molecular flexibility index (Phi) is 6.93. The van der Waals surface area contributed by atoms with E-state index < -0.39 is 58.2 Å². The average molecular weight is 684 g/mol. The number of hydrogen-bond acceptors (Lipinski definition) is 8. The Hall–Kier alpha value is -4.06. The van der Waals surface area contributed by atoms with Crippen molar-refractivity contribution in [3.63, 3.8) is 0 Å². The average Bonchev–Trinajstić information content (AvgIpc) is 3.71. The molecule has 7 atom stereocenters. The Balaban J connectivity index is 1.03. The summed E-state index contributed by atoms with van der Waals surface area (Å²) in [5.41, 5.74) is 5.75. The van der Waals surface area contributed by atoms with Crippen molar-refractivity contribution in [3.8, 4) is 5.75 Å². The summed E-state index contributed by atoms with van der Waals surface area (Å²) >= 11 is 0. The molecule has 254 valence electrons. The molecule has 3 aliphatic heterocycles. The molecule has 3 saturated heterocycles. The van der Waals surface area contributed by atoms with Gasteiger partial charge in [0.1, 0.15) is 17.8 Å². The van der Waals surface area contributed by atoms with Crippen molar-refractivity contribution >= 4 is 28.0 Å². The van der Waals surface area contributed by atoms with Gasteiger partial charge in [-0.05, 0) is 91.5 Å². The van der Waals surface area contributed by atoms with Crippen LogP contribution in [0.25, 0.3) is 0 Å².